The van der Waals surface area contributed by atoms with E-state index in [4.69, 9.17) is 16.3 Å². The van der Waals surface area contributed by atoms with Gasteiger partial charge in [-0.3, -0.25) is 4.90 Å². The molecule has 1 heterocycles. The maximum Gasteiger partial charge on any atom is 0.338 e. The fraction of sp³-hybridized carbons (Fsp3) is 0.588. The summed E-state index contributed by atoms with van der Waals surface area (Å²) in [5, 5.41) is 0.678. The molecule has 4 nitrogen and oxygen atoms in total. The lowest BCUT2D eigenvalue weighted by molar-refractivity contribution is 0.0526. The van der Waals surface area contributed by atoms with Crippen molar-refractivity contribution in [3.8, 4) is 0 Å². The molecule has 5 heteroatoms. The van der Waals surface area contributed by atoms with Crippen molar-refractivity contribution in [2.75, 3.05) is 37.7 Å². The van der Waals surface area contributed by atoms with Crippen LogP contribution in [0.4, 0.5) is 5.69 Å². The molecule has 1 aliphatic rings. The van der Waals surface area contributed by atoms with Crippen LogP contribution in [0.15, 0.2) is 18.2 Å². The Hall–Kier alpha value is -1.26. The van der Waals surface area contributed by atoms with Gasteiger partial charge >= 0.3 is 5.97 Å². The Labute approximate surface area is 138 Å². The number of ether oxygens (including phenoxy) is 1. The van der Waals surface area contributed by atoms with Crippen LogP contribution in [0.3, 0.4) is 0 Å². The molecule has 0 bridgehead atoms. The standard InChI is InChI=1S/C17H25ClN2O2/c1-5-22-16(21)13-6-7-14(18)15(12-13)19-8-10-20(11-9-19)17(2,3)4/h6-7,12H,5,8-11H2,1-4H3. The minimum Gasteiger partial charge on any atom is -0.462 e. The molecule has 1 aromatic rings. The normalized spacial score (nSPS) is 16.7. The van der Waals surface area contributed by atoms with Crippen LogP contribution in [0.1, 0.15) is 38.1 Å². The van der Waals surface area contributed by atoms with Crippen molar-refractivity contribution >= 4 is 23.3 Å². The third-order valence-electron chi connectivity index (χ3n) is 4.03. The van der Waals surface area contributed by atoms with E-state index in [0.29, 0.717) is 17.2 Å². The van der Waals surface area contributed by atoms with Crippen LogP contribution in [0.5, 0.6) is 0 Å². The molecule has 1 aromatic carbocycles. The Bertz CT molecular complexity index is 532. The average Bonchev–Trinajstić information content (AvgIpc) is 2.47. The maximum absolute atomic E-state index is 11.9. The van der Waals surface area contributed by atoms with E-state index in [1.54, 1.807) is 19.1 Å². The van der Waals surface area contributed by atoms with Gasteiger partial charge in [0.1, 0.15) is 0 Å². The first-order valence-electron chi connectivity index (χ1n) is 7.79. The molecule has 0 N–H and O–H groups in total. The first-order chi connectivity index (χ1) is 10.3. The van der Waals surface area contributed by atoms with Gasteiger partial charge < -0.3 is 9.64 Å². The minimum absolute atomic E-state index is 0.183. The van der Waals surface area contributed by atoms with Crippen molar-refractivity contribution in [1.29, 1.82) is 0 Å². The lowest BCUT2D eigenvalue weighted by atomic mass is 10.0. The van der Waals surface area contributed by atoms with Crippen LogP contribution in [-0.2, 0) is 4.74 Å². The molecule has 1 fully saturated rings. The molecule has 0 unspecified atom stereocenters. The molecule has 0 aliphatic carbocycles. The van der Waals surface area contributed by atoms with E-state index in [1.165, 1.54) is 0 Å². The van der Waals surface area contributed by atoms with Gasteiger partial charge in [0.2, 0.25) is 0 Å². The number of carbonyl (C=O) groups is 1. The summed E-state index contributed by atoms with van der Waals surface area (Å²) in [7, 11) is 0. The Morgan fingerprint density at radius 2 is 1.86 bits per heavy atom. The van der Waals surface area contributed by atoms with Crippen LogP contribution in [0, 0.1) is 0 Å². The zero-order valence-electron chi connectivity index (χ0n) is 13.9. The summed E-state index contributed by atoms with van der Waals surface area (Å²) < 4.78 is 5.06. The van der Waals surface area contributed by atoms with Crippen molar-refractivity contribution < 1.29 is 9.53 Å². The van der Waals surface area contributed by atoms with Crippen LogP contribution >= 0.6 is 11.6 Å². The van der Waals surface area contributed by atoms with Crippen LogP contribution in [0.2, 0.25) is 5.02 Å². The second-order valence-electron chi connectivity index (χ2n) is 6.53. The van der Waals surface area contributed by atoms with Gasteiger partial charge in [-0.2, -0.15) is 0 Å². The molecular formula is C17H25ClN2O2. The van der Waals surface area contributed by atoms with Gasteiger partial charge in [-0.25, -0.2) is 4.79 Å². The molecule has 2 rings (SSSR count). The first-order valence-corrected chi connectivity index (χ1v) is 8.17. The zero-order valence-corrected chi connectivity index (χ0v) is 14.6. The van der Waals surface area contributed by atoms with Gasteiger partial charge in [0.15, 0.2) is 0 Å². The third-order valence-corrected chi connectivity index (χ3v) is 4.35. The monoisotopic (exact) mass is 324 g/mol. The summed E-state index contributed by atoms with van der Waals surface area (Å²) in [5.74, 6) is -0.297. The summed E-state index contributed by atoms with van der Waals surface area (Å²) in [4.78, 5) is 16.6. The summed E-state index contributed by atoms with van der Waals surface area (Å²) >= 11 is 6.33. The highest BCUT2D eigenvalue weighted by Gasteiger charge is 2.26. The van der Waals surface area contributed by atoms with E-state index in [1.807, 2.05) is 6.07 Å². The smallest absolute Gasteiger partial charge is 0.338 e. The predicted molar refractivity (Wildman–Crippen MR) is 90.9 cm³/mol. The fourth-order valence-corrected chi connectivity index (χ4v) is 2.95. The van der Waals surface area contributed by atoms with Gasteiger partial charge in [-0.1, -0.05) is 11.6 Å². The van der Waals surface area contributed by atoms with E-state index in [9.17, 15) is 4.79 Å². The summed E-state index contributed by atoms with van der Waals surface area (Å²) in [6.07, 6.45) is 0. The predicted octanol–water partition coefficient (Wildman–Crippen LogP) is 3.44. The third kappa shape index (κ3) is 3.93. The topological polar surface area (TPSA) is 32.8 Å². The number of esters is 1. The first kappa shape index (κ1) is 17.1. The number of anilines is 1. The Balaban J connectivity index is 2.13. The molecule has 22 heavy (non-hydrogen) atoms. The summed E-state index contributed by atoms with van der Waals surface area (Å²) in [6.45, 7) is 12.7. The molecule has 0 spiro atoms. The second-order valence-corrected chi connectivity index (χ2v) is 6.94. The molecule has 0 saturated carbocycles. The number of piperazine rings is 1. The molecule has 1 saturated heterocycles. The van der Waals surface area contributed by atoms with Crippen molar-refractivity contribution in [2.45, 2.75) is 33.2 Å². The lowest BCUT2D eigenvalue weighted by Crippen LogP contribution is -2.53. The summed E-state index contributed by atoms with van der Waals surface area (Å²) in [5.41, 5.74) is 1.66. The lowest BCUT2D eigenvalue weighted by Gasteiger charge is -2.43. The largest absolute Gasteiger partial charge is 0.462 e. The van der Waals surface area contributed by atoms with E-state index < -0.39 is 0 Å². The Kier molecular flexibility index (Phi) is 5.35. The van der Waals surface area contributed by atoms with Gasteiger partial charge in [-0.05, 0) is 45.9 Å². The average molecular weight is 325 g/mol. The molecule has 1 aliphatic heterocycles. The van der Waals surface area contributed by atoms with E-state index in [2.05, 4.69) is 30.6 Å². The molecule has 0 aromatic heterocycles. The highest BCUT2D eigenvalue weighted by Crippen LogP contribution is 2.29. The Morgan fingerprint density at radius 1 is 1.23 bits per heavy atom. The second kappa shape index (κ2) is 6.88. The molecule has 0 atom stereocenters. The van der Waals surface area contributed by atoms with Crippen molar-refractivity contribution in [3.05, 3.63) is 28.8 Å². The maximum atomic E-state index is 11.9. The molecular weight excluding hydrogens is 300 g/mol. The van der Waals surface area contributed by atoms with Crippen molar-refractivity contribution in [3.63, 3.8) is 0 Å². The molecule has 0 amide bonds. The van der Waals surface area contributed by atoms with Crippen molar-refractivity contribution in [2.24, 2.45) is 0 Å². The summed E-state index contributed by atoms with van der Waals surface area (Å²) in [6, 6.07) is 5.33. The van der Waals surface area contributed by atoms with Gasteiger partial charge in [-0.15, -0.1) is 0 Å². The van der Waals surface area contributed by atoms with Crippen LogP contribution in [0.25, 0.3) is 0 Å². The highest BCUT2D eigenvalue weighted by molar-refractivity contribution is 6.33. The van der Waals surface area contributed by atoms with Crippen LogP contribution < -0.4 is 4.90 Å². The SMILES string of the molecule is CCOC(=O)c1ccc(Cl)c(N2CCN(C(C)(C)C)CC2)c1. The molecule has 0 radical (unpaired) electrons. The number of nitrogens with zero attached hydrogens (tertiary/aromatic N) is 2. The number of carbonyl (C=O) groups excluding carboxylic acids is 1. The van der Waals surface area contributed by atoms with Gasteiger partial charge in [0, 0.05) is 31.7 Å². The number of benzene rings is 1. The highest BCUT2D eigenvalue weighted by atomic mass is 35.5. The number of hydrogen-bond donors (Lipinski definition) is 0. The van der Waals surface area contributed by atoms with Crippen molar-refractivity contribution in [1.82, 2.24) is 4.90 Å². The van der Waals surface area contributed by atoms with Crippen LogP contribution in [-0.4, -0.2) is 49.2 Å². The number of hydrogen-bond acceptors (Lipinski definition) is 4. The van der Waals surface area contributed by atoms with E-state index in [0.717, 1.165) is 31.9 Å². The van der Waals surface area contributed by atoms with E-state index >= 15 is 0 Å². The number of rotatable bonds is 3. The Morgan fingerprint density at radius 3 is 2.41 bits per heavy atom. The van der Waals surface area contributed by atoms with E-state index in [-0.39, 0.29) is 11.5 Å². The molecule has 122 valence electrons. The quantitative estimate of drug-likeness (QED) is 0.797. The minimum atomic E-state index is -0.297. The zero-order chi connectivity index (χ0) is 16.3. The number of halogens is 1. The fourth-order valence-electron chi connectivity index (χ4n) is 2.71. The van der Waals surface area contributed by atoms with Gasteiger partial charge in [0.25, 0.3) is 0 Å². The van der Waals surface area contributed by atoms with Gasteiger partial charge in [0.05, 0.1) is 22.9 Å².